The summed E-state index contributed by atoms with van der Waals surface area (Å²) < 4.78 is 0. The smallest absolute Gasteiger partial charge is 0.0610 e. The van der Waals surface area contributed by atoms with Gasteiger partial charge < -0.3 is 20.2 Å². The van der Waals surface area contributed by atoms with Crippen molar-refractivity contribution in [1.82, 2.24) is 15.1 Å². The van der Waals surface area contributed by atoms with Crippen molar-refractivity contribution in [1.29, 1.82) is 0 Å². The summed E-state index contributed by atoms with van der Waals surface area (Å²) in [7, 11) is 6.33. The third-order valence-corrected chi connectivity index (χ3v) is 4.28. The molecular weight excluding hydrogens is 214 g/mol. The Hall–Kier alpha value is -0.160. The Labute approximate surface area is 106 Å². The molecule has 0 aromatic carbocycles. The molecule has 1 saturated heterocycles. The van der Waals surface area contributed by atoms with Crippen molar-refractivity contribution in [3.05, 3.63) is 0 Å². The summed E-state index contributed by atoms with van der Waals surface area (Å²) in [6.07, 6.45) is 3.52. The van der Waals surface area contributed by atoms with Gasteiger partial charge in [-0.15, -0.1) is 0 Å². The van der Waals surface area contributed by atoms with E-state index in [0.717, 1.165) is 13.0 Å². The van der Waals surface area contributed by atoms with Gasteiger partial charge in [-0.25, -0.2) is 0 Å². The van der Waals surface area contributed by atoms with Crippen LogP contribution in [-0.4, -0.2) is 73.9 Å². The van der Waals surface area contributed by atoms with E-state index in [-0.39, 0.29) is 12.1 Å². The number of piperidine rings is 1. The lowest BCUT2D eigenvalue weighted by molar-refractivity contribution is 0.116. The average molecular weight is 243 g/mol. The van der Waals surface area contributed by atoms with Crippen LogP contribution in [0.1, 0.15) is 26.2 Å². The molecule has 1 aliphatic heterocycles. The van der Waals surface area contributed by atoms with E-state index in [0.29, 0.717) is 6.04 Å². The Morgan fingerprint density at radius 3 is 2.47 bits per heavy atom. The van der Waals surface area contributed by atoms with Crippen LogP contribution in [0.5, 0.6) is 0 Å². The van der Waals surface area contributed by atoms with Gasteiger partial charge in [-0.1, -0.05) is 0 Å². The number of likely N-dealkylation sites (N-methyl/N-ethyl adjacent to an activating group) is 1. The quantitative estimate of drug-likeness (QED) is 0.707. The topological polar surface area (TPSA) is 38.7 Å². The van der Waals surface area contributed by atoms with Gasteiger partial charge in [0.25, 0.3) is 0 Å². The van der Waals surface area contributed by atoms with Crippen molar-refractivity contribution in [2.24, 2.45) is 0 Å². The van der Waals surface area contributed by atoms with Gasteiger partial charge in [0, 0.05) is 11.6 Å². The fourth-order valence-electron chi connectivity index (χ4n) is 2.32. The fourth-order valence-corrected chi connectivity index (χ4v) is 2.32. The first-order valence-corrected chi connectivity index (χ1v) is 6.69. The molecule has 1 fully saturated rings. The first kappa shape index (κ1) is 14.9. The van der Waals surface area contributed by atoms with E-state index in [1.54, 1.807) is 0 Å². The summed E-state index contributed by atoms with van der Waals surface area (Å²) in [6.45, 7) is 5.74. The van der Waals surface area contributed by atoms with Crippen LogP contribution < -0.4 is 5.32 Å². The van der Waals surface area contributed by atoms with Gasteiger partial charge in [-0.3, -0.25) is 0 Å². The van der Waals surface area contributed by atoms with E-state index in [1.807, 2.05) is 7.05 Å². The number of nitrogens with zero attached hydrogens (tertiary/aromatic N) is 2. The highest BCUT2D eigenvalue weighted by Gasteiger charge is 2.24. The van der Waals surface area contributed by atoms with E-state index in [4.69, 9.17) is 0 Å². The zero-order valence-electron chi connectivity index (χ0n) is 11.9. The predicted molar refractivity (Wildman–Crippen MR) is 72.3 cm³/mol. The van der Waals surface area contributed by atoms with Crippen LogP contribution >= 0.6 is 0 Å². The van der Waals surface area contributed by atoms with Crippen molar-refractivity contribution < 1.29 is 5.11 Å². The van der Waals surface area contributed by atoms with Gasteiger partial charge in [0.05, 0.1) is 6.61 Å². The molecule has 0 aliphatic carbocycles. The lowest BCUT2D eigenvalue weighted by Crippen LogP contribution is -2.48. The Morgan fingerprint density at radius 2 is 2.00 bits per heavy atom. The van der Waals surface area contributed by atoms with E-state index in [2.05, 4.69) is 36.1 Å². The third-order valence-electron chi connectivity index (χ3n) is 4.28. The summed E-state index contributed by atoms with van der Waals surface area (Å²) in [5, 5.41) is 12.6. The van der Waals surface area contributed by atoms with Crippen molar-refractivity contribution in [2.45, 2.75) is 37.8 Å². The first-order chi connectivity index (χ1) is 8.00. The van der Waals surface area contributed by atoms with Crippen LogP contribution in [0.25, 0.3) is 0 Å². The molecule has 1 heterocycles. The molecule has 17 heavy (non-hydrogen) atoms. The average Bonchev–Trinajstić information content (AvgIpc) is 2.36. The molecule has 0 aromatic rings. The number of likely N-dealkylation sites (tertiary alicyclic amines) is 1. The molecule has 2 N–H and O–H groups in total. The summed E-state index contributed by atoms with van der Waals surface area (Å²) >= 11 is 0. The summed E-state index contributed by atoms with van der Waals surface area (Å²) in [4.78, 5) is 4.86. The van der Waals surface area contributed by atoms with Crippen LogP contribution in [0.4, 0.5) is 0 Å². The van der Waals surface area contributed by atoms with Gasteiger partial charge in [0.2, 0.25) is 0 Å². The van der Waals surface area contributed by atoms with Crippen LogP contribution in [0.15, 0.2) is 0 Å². The molecule has 0 radical (unpaired) electrons. The molecule has 0 aromatic heterocycles. The zero-order valence-corrected chi connectivity index (χ0v) is 11.9. The minimum absolute atomic E-state index is 0.139. The standard InChI is InChI=1S/C13H29N3O/c1-13(11-17,14-2)7-10-16(4)12-5-8-15(3)9-6-12/h12,14,17H,5-11H2,1-4H3. The molecule has 0 bridgehead atoms. The molecule has 0 amide bonds. The molecule has 0 saturated carbocycles. The second-order valence-electron chi connectivity index (χ2n) is 5.73. The van der Waals surface area contributed by atoms with E-state index < -0.39 is 0 Å². The highest BCUT2D eigenvalue weighted by molar-refractivity contribution is 4.83. The number of nitrogens with one attached hydrogen (secondary N) is 1. The van der Waals surface area contributed by atoms with Crippen LogP contribution in [0.2, 0.25) is 0 Å². The van der Waals surface area contributed by atoms with Crippen LogP contribution in [-0.2, 0) is 0 Å². The number of hydrogen-bond donors (Lipinski definition) is 2. The highest BCUT2D eigenvalue weighted by atomic mass is 16.3. The van der Waals surface area contributed by atoms with E-state index in [9.17, 15) is 5.11 Å². The van der Waals surface area contributed by atoms with Crippen molar-refractivity contribution in [3.8, 4) is 0 Å². The van der Waals surface area contributed by atoms with Gasteiger partial charge in [-0.2, -0.15) is 0 Å². The normalized spacial score (nSPS) is 22.9. The van der Waals surface area contributed by atoms with Crippen LogP contribution in [0.3, 0.4) is 0 Å². The van der Waals surface area contributed by atoms with Gasteiger partial charge >= 0.3 is 0 Å². The maximum absolute atomic E-state index is 9.36. The first-order valence-electron chi connectivity index (χ1n) is 6.69. The van der Waals surface area contributed by atoms with Crippen LogP contribution in [0, 0.1) is 0 Å². The number of rotatable bonds is 6. The largest absolute Gasteiger partial charge is 0.394 e. The Morgan fingerprint density at radius 1 is 1.41 bits per heavy atom. The molecule has 1 unspecified atom stereocenters. The molecular formula is C13H29N3O. The monoisotopic (exact) mass is 243 g/mol. The van der Waals surface area contributed by atoms with Crippen molar-refractivity contribution >= 4 is 0 Å². The van der Waals surface area contributed by atoms with Crippen molar-refractivity contribution in [3.63, 3.8) is 0 Å². The highest BCUT2D eigenvalue weighted by Crippen LogP contribution is 2.16. The van der Waals surface area contributed by atoms with Crippen molar-refractivity contribution in [2.75, 3.05) is 47.4 Å². The number of aliphatic hydroxyl groups excluding tert-OH is 1. The molecule has 1 rings (SSSR count). The molecule has 0 spiro atoms. The van der Waals surface area contributed by atoms with Gasteiger partial charge in [0.15, 0.2) is 0 Å². The lowest BCUT2D eigenvalue weighted by Gasteiger charge is -2.37. The fraction of sp³-hybridized carbons (Fsp3) is 1.00. The van der Waals surface area contributed by atoms with E-state index in [1.165, 1.54) is 25.9 Å². The third kappa shape index (κ3) is 4.54. The zero-order chi connectivity index (χ0) is 12.9. The summed E-state index contributed by atoms with van der Waals surface area (Å²) in [5.41, 5.74) is -0.139. The van der Waals surface area contributed by atoms with Gasteiger partial charge in [-0.05, 0) is 67.0 Å². The molecule has 1 atom stereocenters. The maximum atomic E-state index is 9.36. The summed E-state index contributed by atoms with van der Waals surface area (Å²) in [6, 6.07) is 0.714. The SMILES string of the molecule is CNC(C)(CO)CCN(C)C1CCN(C)CC1. The second kappa shape index (κ2) is 6.69. The Kier molecular flexibility index (Phi) is 5.86. The maximum Gasteiger partial charge on any atom is 0.0610 e. The predicted octanol–water partition coefficient (Wildman–Crippen LogP) is 0.373. The molecule has 102 valence electrons. The Bertz CT molecular complexity index is 211. The molecule has 4 heteroatoms. The summed E-state index contributed by atoms with van der Waals surface area (Å²) in [5.74, 6) is 0. The lowest BCUT2D eigenvalue weighted by atomic mass is 9.97. The Balaban J connectivity index is 2.31. The van der Waals surface area contributed by atoms with E-state index >= 15 is 0 Å². The number of hydrogen-bond acceptors (Lipinski definition) is 4. The second-order valence-corrected chi connectivity index (χ2v) is 5.73. The van der Waals surface area contributed by atoms with Gasteiger partial charge in [0.1, 0.15) is 0 Å². The number of aliphatic hydroxyl groups is 1. The minimum atomic E-state index is -0.139. The molecule has 4 nitrogen and oxygen atoms in total. The molecule has 1 aliphatic rings. The minimum Gasteiger partial charge on any atom is -0.394 e.